The van der Waals surface area contributed by atoms with Crippen molar-refractivity contribution in [3.8, 4) is 17.2 Å². The van der Waals surface area contributed by atoms with E-state index >= 15 is 0 Å². The van der Waals surface area contributed by atoms with Gasteiger partial charge in [-0.05, 0) is 109 Å². The summed E-state index contributed by atoms with van der Waals surface area (Å²) in [4.78, 5) is 2.44. The summed E-state index contributed by atoms with van der Waals surface area (Å²) in [5.74, 6) is 1.40. The number of ether oxygens (including phenoxy) is 1. The molecule has 188 valence electrons. The third kappa shape index (κ3) is 5.91. The molecule has 0 unspecified atom stereocenters. The van der Waals surface area contributed by atoms with Crippen LogP contribution in [-0.2, 0) is 23.0 Å². The Kier molecular flexibility index (Phi) is 7.03. The van der Waals surface area contributed by atoms with Gasteiger partial charge in [-0.15, -0.1) is 0 Å². The Labute approximate surface area is 212 Å². The molecule has 1 aliphatic carbocycles. The Morgan fingerprint density at radius 1 is 0.917 bits per heavy atom. The molecule has 0 radical (unpaired) electrons. The molecular formula is C29H31NO5S. The van der Waals surface area contributed by atoms with Gasteiger partial charge in [-0.3, -0.25) is 4.90 Å². The lowest BCUT2D eigenvalue weighted by Crippen LogP contribution is -2.25. The summed E-state index contributed by atoms with van der Waals surface area (Å²) in [5, 5.41) is 10.2. The average molecular weight is 506 g/mol. The molecule has 1 heterocycles. The van der Waals surface area contributed by atoms with Gasteiger partial charge in [0.1, 0.15) is 23.9 Å². The highest BCUT2D eigenvalue weighted by Gasteiger charge is 2.23. The van der Waals surface area contributed by atoms with Crippen LogP contribution in [0.15, 0.2) is 66.7 Å². The maximum absolute atomic E-state index is 11.5. The van der Waals surface area contributed by atoms with Crippen molar-refractivity contribution in [3.63, 3.8) is 0 Å². The van der Waals surface area contributed by atoms with Gasteiger partial charge < -0.3 is 14.0 Å². The summed E-state index contributed by atoms with van der Waals surface area (Å²) < 4.78 is 33.9. The predicted octanol–water partition coefficient (Wildman–Crippen LogP) is 4.91. The maximum atomic E-state index is 11.5. The van der Waals surface area contributed by atoms with E-state index in [1.165, 1.54) is 25.9 Å². The third-order valence-electron chi connectivity index (χ3n) is 6.78. The number of hydrogen-bond acceptors (Lipinski definition) is 6. The van der Waals surface area contributed by atoms with Crippen molar-refractivity contribution in [2.45, 2.75) is 25.7 Å². The molecule has 6 nitrogen and oxygen atoms in total. The van der Waals surface area contributed by atoms with Crippen molar-refractivity contribution in [3.05, 3.63) is 89.0 Å². The van der Waals surface area contributed by atoms with Crippen LogP contribution in [0.4, 0.5) is 0 Å². The zero-order chi connectivity index (χ0) is 25.1. The molecule has 0 bridgehead atoms. The summed E-state index contributed by atoms with van der Waals surface area (Å²) in [6.45, 7) is 4.00. The Morgan fingerprint density at radius 2 is 1.61 bits per heavy atom. The number of benzene rings is 3. The summed E-state index contributed by atoms with van der Waals surface area (Å²) in [6, 6.07) is 20.9. The van der Waals surface area contributed by atoms with E-state index in [-0.39, 0.29) is 11.5 Å². The topological polar surface area (TPSA) is 76.1 Å². The lowest BCUT2D eigenvalue weighted by molar-refractivity contribution is 0.238. The van der Waals surface area contributed by atoms with Gasteiger partial charge in [0, 0.05) is 6.54 Å². The van der Waals surface area contributed by atoms with Crippen LogP contribution in [0.25, 0.3) is 11.1 Å². The fourth-order valence-electron chi connectivity index (χ4n) is 5.03. The van der Waals surface area contributed by atoms with Crippen LogP contribution in [0.1, 0.15) is 35.1 Å². The van der Waals surface area contributed by atoms with Crippen LogP contribution in [0, 0.1) is 0 Å². The number of aromatic hydroxyl groups is 1. The van der Waals surface area contributed by atoms with Crippen LogP contribution in [0.3, 0.4) is 0 Å². The largest absolute Gasteiger partial charge is 0.508 e. The van der Waals surface area contributed by atoms with E-state index in [0.717, 1.165) is 58.4 Å². The highest BCUT2D eigenvalue weighted by atomic mass is 32.2. The number of fused-ring (bicyclic) bond motifs is 1. The maximum Gasteiger partial charge on any atom is 0.306 e. The van der Waals surface area contributed by atoms with Crippen molar-refractivity contribution >= 4 is 21.3 Å². The second-order valence-electron chi connectivity index (χ2n) is 9.51. The molecule has 1 fully saturated rings. The number of phenols is 1. The van der Waals surface area contributed by atoms with Crippen molar-refractivity contribution in [2.75, 3.05) is 32.5 Å². The summed E-state index contributed by atoms with van der Waals surface area (Å²) in [6.07, 6.45) is 5.06. The standard InChI is InChI=1S/C29H31NO5S/c1-36(32,33)35-26-12-7-22(8-13-26)27-19-23-6-9-24(31)20-28(23)29(27)18-21-4-10-25(11-5-21)34-17-16-30-14-2-3-15-30/h4-13,20,31H,2-3,14-19H2,1H3. The van der Waals surface area contributed by atoms with Crippen LogP contribution in [0.5, 0.6) is 17.2 Å². The summed E-state index contributed by atoms with van der Waals surface area (Å²) in [7, 11) is -3.58. The smallest absolute Gasteiger partial charge is 0.306 e. The predicted molar refractivity (Wildman–Crippen MR) is 142 cm³/mol. The highest BCUT2D eigenvalue weighted by molar-refractivity contribution is 7.86. The normalized spacial score (nSPS) is 15.8. The van der Waals surface area contributed by atoms with Crippen molar-refractivity contribution in [2.24, 2.45) is 0 Å². The number of hydrogen-bond donors (Lipinski definition) is 1. The SMILES string of the molecule is CS(=O)(=O)Oc1ccc(C2=C(Cc3ccc(OCCN4CCCC4)cc3)c3cc(O)ccc3C2)cc1. The van der Waals surface area contributed by atoms with E-state index in [2.05, 4.69) is 17.0 Å². The first-order valence-electron chi connectivity index (χ1n) is 12.3. The van der Waals surface area contributed by atoms with Crippen molar-refractivity contribution < 1.29 is 22.4 Å². The molecule has 7 heteroatoms. The summed E-state index contributed by atoms with van der Waals surface area (Å²) >= 11 is 0. The van der Waals surface area contributed by atoms with Gasteiger partial charge in [0.05, 0.1) is 6.26 Å². The minimum absolute atomic E-state index is 0.242. The molecule has 5 rings (SSSR count). The van der Waals surface area contributed by atoms with Crippen LogP contribution in [-0.4, -0.2) is 50.9 Å². The first-order valence-corrected chi connectivity index (χ1v) is 14.1. The zero-order valence-corrected chi connectivity index (χ0v) is 21.3. The van der Waals surface area contributed by atoms with Gasteiger partial charge in [-0.2, -0.15) is 8.42 Å². The van der Waals surface area contributed by atoms with E-state index in [0.29, 0.717) is 13.0 Å². The minimum atomic E-state index is -3.58. The summed E-state index contributed by atoms with van der Waals surface area (Å²) in [5.41, 5.74) is 6.68. The van der Waals surface area contributed by atoms with Gasteiger partial charge in [0.25, 0.3) is 0 Å². The highest BCUT2D eigenvalue weighted by Crippen LogP contribution is 2.42. The number of phenolic OH excluding ortho intramolecular Hbond substituents is 1. The van der Waals surface area contributed by atoms with Gasteiger partial charge in [0.15, 0.2) is 0 Å². The monoisotopic (exact) mass is 505 g/mol. The Bertz CT molecular complexity index is 1360. The molecule has 0 aromatic heterocycles. The fourth-order valence-corrected chi connectivity index (χ4v) is 5.49. The lowest BCUT2D eigenvalue weighted by Gasteiger charge is -2.15. The molecule has 0 amide bonds. The van der Waals surface area contributed by atoms with Crippen LogP contribution >= 0.6 is 0 Å². The van der Waals surface area contributed by atoms with E-state index in [4.69, 9.17) is 8.92 Å². The minimum Gasteiger partial charge on any atom is -0.508 e. The van der Waals surface area contributed by atoms with E-state index in [1.807, 2.05) is 36.4 Å². The molecule has 2 aliphatic rings. The van der Waals surface area contributed by atoms with Crippen molar-refractivity contribution in [1.82, 2.24) is 4.90 Å². The Hall–Kier alpha value is -3.29. The average Bonchev–Trinajstić information content (AvgIpc) is 3.48. The molecule has 3 aromatic carbocycles. The number of allylic oxidation sites excluding steroid dienone is 2. The fraction of sp³-hybridized carbons (Fsp3) is 0.310. The molecule has 0 saturated carbocycles. The van der Waals surface area contributed by atoms with Gasteiger partial charge in [0.2, 0.25) is 0 Å². The number of rotatable bonds is 9. The second kappa shape index (κ2) is 10.4. The number of nitrogens with zero attached hydrogens (tertiary/aromatic N) is 1. The molecular weight excluding hydrogens is 474 g/mol. The van der Waals surface area contributed by atoms with Crippen molar-refractivity contribution in [1.29, 1.82) is 0 Å². The Balaban J connectivity index is 1.35. The lowest BCUT2D eigenvalue weighted by atomic mass is 9.94. The van der Waals surface area contributed by atoms with Gasteiger partial charge >= 0.3 is 10.1 Å². The first-order chi connectivity index (χ1) is 17.3. The van der Waals surface area contributed by atoms with Crippen LogP contribution in [0.2, 0.25) is 0 Å². The second-order valence-corrected chi connectivity index (χ2v) is 11.1. The molecule has 0 spiro atoms. The Morgan fingerprint density at radius 3 is 2.31 bits per heavy atom. The van der Waals surface area contributed by atoms with E-state index in [9.17, 15) is 13.5 Å². The first kappa shape index (κ1) is 24.4. The molecule has 36 heavy (non-hydrogen) atoms. The molecule has 1 N–H and O–H groups in total. The molecule has 0 atom stereocenters. The van der Waals surface area contributed by atoms with Gasteiger partial charge in [-0.25, -0.2) is 0 Å². The third-order valence-corrected chi connectivity index (χ3v) is 7.27. The van der Waals surface area contributed by atoms with Gasteiger partial charge in [-0.1, -0.05) is 30.3 Å². The van der Waals surface area contributed by atoms with E-state index in [1.54, 1.807) is 18.2 Å². The van der Waals surface area contributed by atoms with E-state index < -0.39 is 10.1 Å². The molecule has 3 aromatic rings. The van der Waals surface area contributed by atoms with Crippen LogP contribution < -0.4 is 8.92 Å². The molecule has 1 aliphatic heterocycles. The number of likely N-dealkylation sites (tertiary alicyclic amines) is 1. The zero-order valence-electron chi connectivity index (χ0n) is 20.4. The molecule has 1 saturated heterocycles. The quantitative estimate of drug-likeness (QED) is 0.416.